The highest BCUT2D eigenvalue weighted by Gasteiger charge is 2.55. The van der Waals surface area contributed by atoms with E-state index >= 15 is 0 Å². The standard InChI is InChI=1S/C15H15N3O2/c1-15(12-5-6-12)13(19)18(14(20)17-15)9-11-4-2-3-10(7-11)8-16/h2-4,7,12H,5-6,9H2,1H3,(H,17,20). The summed E-state index contributed by atoms with van der Waals surface area (Å²) < 4.78 is 0. The van der Waals surface area contributed by atoms with E-state index < -0.39 is 5.54 Å². The second-order valence-corrected chi connectivity index (χ2v) is 5.61. The van der Waals surface area contributed by atoms with Gasteiger partial charge in [-0.3, -0.25) is 9.69 Å². The maximum absolute atomic E-state index is 12.5. The quantitative estimate of drug-likeness (QED) is 0.850. The molecule has 2 aliphatic rings. The molecule has 5 nitrogen and oxygen atoms in total. The number of benzene rings is 1. The van der Waals surface area contributed by atoms with Gasteiger partial charge in [-0.1, -0.05) is 12.1 Å². The SMILES string of the molecule is CC1(C2CC2)NC(=O)N(Cc2cccc(C#N)c2)C1=O. The van der Waals surface area contributed by atoms with Crippen molar-refractivity contribution in [1.82, 2.24) is 10.2 Å². The van der Waals surface area contributed by atoms with Crippen LogP contribution in [0.15, 0.2) is 24.3 Å². The van der Waals surface area contributed by atoms with Crippen molar-refractivity contribution < 1.29 is 9.59 Å². The van der Waals surface area contributed by atoms with Crippen molar-refractivity contribution in [1.29, 1.82) is 5.26 Å². The molecule has 20 heavy (non-hydrogen) atoms. The van der Waals surface area contributed by atoms with Gasteiger partial charge in [0.25, 0.3) is 5.91 Å². The van der Waals surface area contributed by atoms with Gasteiger partial charge in [-0.05, 0) is 43.4 Å². The van der Waals surface area contributed by atoms with E-state index in [1.54, 1.807) is 25.1 Å². The van der Waals surface area contributed by atoms with Crippen LogP contribution in [0.1, 0.15) is 30.9 Å². The second kappa shape index (κ2) is 4.34. The molecule has 2 fully saturated rings. The van der Waals surface area contributed by atoms with Crippen molar-refractivity contribution >= 4 is 11.9 Å². The van der Waals surface area contributed by atoms with E-state index in [2.05, 4.69) is 11.4 Å². The summed E-state index contributed by atoms with van der Waals surface area (Å²) in [5.41, 5.74) is 0.566. The first-order valence-electron chi connectivity index (χ1n) is 6.68. The summed E-state index contributed by atoms with van der Waals surface area (Å²) in [5, 5.41) is 11.7. The van der Waals surface area contributed by atoms with E-state index in [0.29, 0.717) is 5.56 Å². The Morgan fingerprint density at radius 1 is 1.45 bits per heavy atom. The third kappa shape index (κ3) is 1.94. The van der Waals surface area contributed by atoms with Crippen molar-refractivity contribution in [3.63, 3.8) is 0 Å². The van der Waals surface area contributed by atoms with Crippen LogP contribution in [0, 0.1) is 17.2 Å². The Labute approximate surface area is 117 Å². The highest BCUT2D eigenvalue weighted by Crippen LogP contribution is 2.42. The molecule has 0 spiro atoms. The van der Waals surface area contributed by atoms with Crippen molar-refractivity contribution in [3.8, 4) is 6.07 Å². The molecule has 1 atom stereocenters. The molecule has 0 aromatic heterocycles. The van der Waals surface area contributed by atoms with E-state index in [-0.39, 0.29) is 24.4 Å². The van der Waals surface area contributed by atoms with Crippen LogP contribution in [0.25, 0.3) is 0 Å². The monoisotopic (exact) mass is 269 g/mol. The van der Waals surface area contributed by atoms with Crippen molar-refractivity contribution in [3.05, 3.63) is 35.4 Å². The van der Waals surface area contributed by atoms with Gasteiger partial charge in [-0.2, -0.15) is 5.26 Å². The maximum Gasteiger partial charge on any atom is 0.325 e. The summed E-state index contributed by atoms with van der Waals surface area (Å²) in [4.78, 5) is 25.7. The van der Waals surface area contributed by atoms with Crippen LogP contribution in [-0.2, 0) is 11.3 Å². The summed E-state index contributed by atoms with van der Waals surface area (Å²) in [5.74, 6) is 0.0988. The van der Waals surface area contributed by atoms with Crippen LogP contribution in [0.3, 0.4) is 0 Å². The molecule has 5 heteroatoms. The molecule has 102 valence electrons. The van der Waals surface area contributed by atoms with Gasteiger partial charge in [0.2, 0.25) is 0 Å². The average molecular weight is 269 g/mol. The number of nitrogens with zero attached hydrogens (tertiary/aromatic N) is 2. The Morgan fingerprint density at radius 3 is 2.85 bits per heavy atom. The lowest BCUT2D eigenvalue weighted by molar-refractivity contribution is -0.131. The van der Waals surface area contributed by atoms with Crippen LogP contribution in [0.4, 0.5) is 4.79 Å². The third-order valence-electron chi connectivity index (χ3n) is 4.09. The first-order valence-corrected chi connectivity index (χ1v) is 6.68. The number of rotatable bonds is 3. The number of carbonyl (C=O) groups is 2. The van der Waals surface area contributed by atoms with Crippen LogP contribution < -0.4 is 5.32 Å². The van der Waals surface area contributed by atoms with Crippen LogP contribution in [0.2, 0.25) is 0 Å². The molecule has 1 heterocycles. The number of urea groups is 1. The van der Waals surface area contributed by atoms with Gasteiger partial charge >= 0.3 is 6.03 Å². The zero-order valence-electron chi connectivity index (χ0n) is 11.2. The molecule has 3 amide bonds. The number of nitriles is 1. The molecular formula is C15H15N3O2. The van der Waals surface area contributed by atoms with Gasteiger partial charge in [-0.25, -0.2) is 4.79 Å². The van der Waals surface area contributed by atoms with Gasteiger partial charge in [0.15, 0.2) is 0 Å². The van der Waals surface area contributed by atoms with E-state index in [0.717, 1.165) is 18.4 Å². The van der Waals surface area contributed by atoms with Crippen molar-refractivity contribution in [2.45, 2.75) is 31.8 Å². The number of hydrogen-bond donors (Lipinski definition) is 1. The maximum atomic E-state index is 12.5. The minimum Gasteiger partial charge on any atom is -0.323 e. The Hall–Kier alpha value is -2.35. The predicted molar refractivity (Wildman–Crippen MR) is 71.4 cm³/mol. The molecule has 1 aromatic rings. The van der Waals surface area contributed by atoms with Gasteiger partial charge in [0.05, 0.1) is 18.2 Å². The van der Waals surface area contributed by atoms with E-state index in [1.807, 2.05) is 6.07 Å². The van der Waals surface area contributed by atoms with Gasteiger partial charge in [-0.15, -0.1) is 0 Å². The third-order valence-corrected chi connectivity index (χ3v) is 4.09. The summed E-state index contributed by atoms with van der Waals surface area (Å²) >= 11 is 0. The molecule has 1 N–H and O–H groups in total. The first kappa shape index (κ1) is 12.7. The number of carbonyl (C=O) groups excluding carboxylic acids is 2. The van der Waals surface area contributed by atoms with Crippen LogP contribution in [0.5, 0.6) is 0 Å². The molecule has 3 rings (SSSR count). The van der Waals surface area contributed by atoms with Gasteiger partial charge < -0.3 is 5.32 Å². The largest absolute Gasteiger partial charge is 0.325 e. The average Bonchev–Trinajstić information content (AvgIpc) is 3.26. The Morgan fingerprint density at radius 2 is 2.20 bits per heavy atom. The molecule has 1 saturated heterocycles. The number of hydrogen-bond acceptors (Lipinski definition) is 3. The number of imide groups is 1. The van der Waals surface area contributed by atoms with E-state index in [1.165, 1.54) is 4.90 Å². The Bertz CT molecular complexity index is 630. The van der Waals surface area contributed by atoms with E-state index in [4.69, 9.17) is 5.26 Å². The van der Waals surface area contributed by atoms with Crippen LogP contribution in [-0.4, -0.2) is 22.4 Å². The topological polar surface area (TPSA) is 73.2 Å². The molecule has 1 aromatic carbocycles. The lowest BCUT2D eigenvalue weighted by atomic mass is 9.96. The van der Waals surface area contributed by atoms with Gasteiger partial charge in [0, 0.05) is 0 Å². The fourth-order valence-corrected chi connectivity index (χ4v) is 2.72. The highest BCUT2D eigenvalue weighted by atomic mass is 16.2. The predicted octanol–water partition coefficient (Wildman–Crippen LogP) is 1.78. The molecule has 1 unspecified atom stereocenters. The molecule has 0 bridgehead atoms. The number of nitrogens with one attached hydrogen (secondary N) is 1. The molecular weight excluding hydrogens is 254 g/mol. The molecule has 1 saturated carbocycles. The zero-order valence-corrected chi connectivity index (χ0v) is 11.2. The summed E-state index contributed by atoms with van der Waals surface area (Å²) in [6.07, 6.45) is 1.97. The molecule has 0 radical (unpaired) electrons. The van der Waals surface area contributed by atoms with Crippen molar-refractivity contribution in [2.24, 2.45) is 5.92 Å². The summed E-state index contributed by atoms with van der Waals surface area (Å²) in [6, 6.07) is 8.68. The highest BCUT2D eigenvalue weighted by molar-refractivity contribution is 6.07. The van der Waals surface area contributed by atoms with Gasteiger partial charge in [0.1, 0.15) is 5.54 Å². The minimum absolute atomic E-state index is 0.160. The van der Waals surface area contributed by atoms with E-state index in [9.17, 15) is 9.59 Å². The minimum atomic E-state index is -0.746. The van der Waals surface area contributed by atoms with Crippen molar-refractivity contribution in [2.75, 3.05) is 0 Å². The Kier molecular flexibility index (Phi) is 2.75. The fourth-order valence-electron chi connectivity index (χ4n) is 2.72. The summed E-state index contributed by atoms with van der Waals surface area (Å²) in [7, 11) is 0. The smallest absolute Gasteiger partial charge is 0.323 e. The normalized spacial score (nSPS) is 25.5. The first-order chi connectivity index (χ1) is 9.54. The summed E-state index contributed by atoms with van der Waals surface area (Å²) in [6.45, 7) is 2.01. The molecule has 1 aliphatic carbocycles. The second-order valence-electron chi connectivity index (χ2n) is 5.61. The molecule has 1 aliphatic heterocycles. The zero-order chi connectivity index (χ0) is 14.3. The fraction of sp³-hybridized carbons (Fsp3) is 0.400. The van der Waals surface area contributed by atoms with Crippen LogP contribution >= 0.6 is 0 Å². The number of amides is 3. The Balaban J connectivity index is 1.82. The lowest BCUT2D eigenvalue weighted by Gasteiger charge is -2.21. The lowest BCUT2D eigenvalue weighted by Crippen LogP contribution is -2.46.